The van der Waals surface area contributed by atoms with E-state index in [1.165, 1.54) is 11.8 Å². The zero-order valence-electron chi connectivity index (χ0n) is 16.4. The van der Waals surface area contributed by atoms with Crippen LogP contribution in [0.1, 0.15) is 47.0 Å². The van der Waals surface area contributed by atoms with Crippen molar-refractivity contribution in [2.24, 2.45) is 0 Å². The average molecular weight is 383 g/mol. The summed E-state index contributed by atoms with van der Waals surface area (Å²) in [5.41, 5.74) is -0.497. The maximum absolute atomic E-state index is 12.0. The lowest BCUT2D eigenvalue weighted by molar-refractivity contribution is 0.0522. The van der Waals surface area contributed by atoms with Crippen LogP contribution in [0.25, 0.3) is 0 Å². The Bertz CT molecular complexity index is 607. The number of ether oxygens (including phenoxy) is 2. The number of nitrogens with one attached hydrogen (secondary N) is 1. The number of thioether (sulfide) groups is 1. The van der Waals surface area contributed by atoms with Crippen LogP contribution in [0.3, 0.4) is 0 Å². The van der Waals surface area contributed by atoms with Crippen LogP contribution in [0.2, 0.25) is 0 Å². The number of hydrogen-bond donors (Lipinski definition) is 1. The number of carbonyl (C=O) groups is 1. The van der Waals surface area contributed by atoms with Crippen molar-refractivity contribution in [1.29, 1.82) is 0 Å². The molecule has 0 aromatic carbocycles. The Morgan fingerprint density at radius 3 is 2.81 bits per heavy atom. The van der Waals surface area contributed by atoms with E-state index < -0.39 is 5.60 Å². The van der Waals surface area contributed by atoms with Crippen molar-refractivity contribution < 1.29 is 14.3 Å². The van der Waals surface area contributed by atoms with Crippen molar-refractivity contribution in [3.63, 3.8) is 0 Å². The minimum Gasteiger partial charge on any atom is -0.478 e. The molecule has 0 bridgehead atoms. The van der Waals surface area contributed by atoms with E-state index in [9.17, 15) is 4.79 Å². The van der Waals surface area contributed by atoms with Crippen LogP contribution in [0.5, 0.6) is 5.88 Å². The molecule has 1 atom stereocenters. The smallest absolute Gasteiger partial charge is 0.407 e. The molecule has 1 aliphatic rings. The number of anilines is 1. The van der Waals surface area contributed by atoms with Crippen LogP contribution in [-0.2, 0) is 4.74 Å². The fourth-order valence-electron chi connectivity index (χ4n) is 2.88. The number of aromatic nitrogens is 2. The molecule has 146 valence electrons. The monoisotopic (exact) mass is 382 g/mol. The highest BCUT2D eigenvalue weighted by molar-refractivity contribution is 7.98. The van der Waals surface area contributed by atoms with Crippen molar-refractivity contribution in [2.45, 2.75) is 63.8 Å². The van der Waals surface area contributed by atoms with E-state index in [-0.39, 0.29) is 12.1 Å². The van der Waals surface area contributed by atoms with Crippen molar-refractivity contribution in [3.8, 4) is 5.88 Å². The van der Waals surface area contributed by atoms with Gasteiger partial charge in [-0.25, -0.2) is 9.78 Å². The van der Waals surface area contributed by atoms with Crippen LogP contribution in [0.15, 0.2) is 11.2 Å². The molecule has 0 saturated carbocycles. The molecule has 8 heteroatoms. The van der Waals surface area contributed by atoms with Gasteiger partial charge in [-0.1, -0.05) is 11.8 Å². The first-order valence-electron chi connectivity index (χ1n) is 9.11. The second-order valence-electron chi connectivity index (χ2n) is 7.21. The van der Waals surface area contributed by atoms with Gasteiger partial charge in [-0.05, 0) is 53.2 Å². The predicted octanol–water partition coefficient (Wildman–Crippen LogP) is 3.48. The van der Waals surface area contributed by atoms with Crippen LogP contribution < -0.4 is 15.0 Å². The van der Waals surface area contributed by atoms with Gasteiger partial charge < -0.3 is 19.7 Å². The SMILES string of the molecule is CCOc1cc(N2CCCC[C@@H]2CNC(=O)OC(C)(C)C)nc(SC)n1. The zero-order valence-corrected chi connectivity index (χ0v) is 17.2. The number of piperidine rings is 1. The molecular formula is C18H30N4O3S. The lowest BCUT2D eigenvalue weighted by Crippen LogP contribution is -2.48. The zero-order chi connectivity index (χ0) is 19.2. The highest BCUT2D eigenvalue weighted by Gasteiger charge is 2.26. The maximum Gasteiger partial charge on any atom is 0.407 e. The highest BCUT2D eigenvalue weighted by Crippen LogP contribution is 2.27. The molecule has 1 aliphatic heterocycles. The fraction of sp³-hybridized carbons (Fsp3) is 0.722. The Morgan fingerprint density at radius 2 is 2.15 bits per heavy atom. The third kappa shape index (κ3) is 6.23. The second kappa shape index (κ2) is 9.30. The van der Waals surface area contributed by atoms with Crippen LogP contribution in [0, 0.1) is 0 Å². The molecule has 1 aromatic heterocycles. The van der Waals surface area contributed by atoms with E-state index in [0.717, 1.165) is 31.6 Å². The van der Waals surface area contributed by atoms with E-state index >= 15 is 0 Å². The van der Waals surface area contributed by atoms with Crippen molar-refractivity contribution in [1.82, 2.24) is 15.3 Å². The van der Waals surface area contributed by atoms with Gasteiger partial charge in [0, 0.05) is 25.2 Å². The first-order chi connectivity index (χ1) is 12.3. The molecule has 2 rings (SSSR count). The summed E-state index contributed by atoms with van der Waals surface area (Å²) in [6.07, 6.45) is 4.80. The van der Waals surface area contributed by atoms with Gasteiger partial charge in [-0.3, -0.25) is 0 Å². The first-order valence-corrected chi connectivity index (χ1v) is 10.3. The Kier molecular flexibility index (Phi) is 7.37. The van der Waals surface area contributed by atoms with Gasteiger partial charge in [0.15, 0.2) is 5.16 Å². The molecular weight excluding hydrogens is 352 g/mol. The standard InChI is InChI=1S/C18H30N4O3S/c1-6-24-15-11-14(20-16(21-15)26-5)22-10-8-7-9-13(22)12-19-17(23)25-18(2,3)4/h11,13H,6-10,12H2,1-5H3,(H,19,23)/t13-/m1/s1. The Balaban J connectivity index is 2.10. The minimum absolute atomic E-state index is 0.176. The summed E-state index contributed by atoms with van der Waals surface area (Å²) in [5, 5.41) is 3.58. The van der Waals surface area contributed by atoms with E-state index in [1.807, 2.05) is 40.0 Å². The summed E-state index contributed by atoms with van der Waals surface area (Å²) in [5.74, 6) is 1.44. The molecule has 1 N–H and O–H groups in total. The molecule has 26 heavy (non-hydrogen) atoms. The van der Waals surface area contributed by atoms with E-state index in [0.29, 0.717) is 24.2 Å². The Morgan fingerprint density at radius 1 is 1.38 bits per heavy atom. The highest BCUT2D eigenvalue weighted by atomic mass is 32.2. The molecule has 7 nitrogen and oxygen atoms in total. The number of rotatable bonds is 6. The quantitative estimate of drug-likeness (QED) is 0.596. The van der Waals surface area contributed by atoms with Gasteiger partial charge in [0.05, 0.1) is 6.61 Å². The lowest BCUT2D eigenvalue weighted by Gasteiger charge is -2.37. The van der Waals surface area contributed by atoms with E-state index in [1.54, 1.807) is 0 Å². The maximum atomic E-state index is 12.0. The average Bonchev–Trinajstić information content (AvgIpc) is 2.58. The molecule has 0 aliphatic carbocycles. The van der Waals surface area contributed by atoms with Gasteiger partial charge >= 0.3 is 6.09 Å². The third-order valence-electron chi connectivity index (χ3n) is 3.95. The van der Waals surface area contributed by atoms with Crippen molar-refractivity contribution >= 4 is 23.7 Å². The van der Waals surface area contributed by atoms with Crippen molar-refractivity contribution in [2.75, 3.05) is 30.9 Å². The molecule has 1 aromatic rings. The Labute approximate surface area is 160 Å². The summed E-state index contributed by atoms with van der Waals surface area (Å²) in [6, 6.07) is 2.06. The van der Waals surface area contributed by atoms with Gasteiger partial charge in [0.1, 0.15) is 11.4 Å². The molecule has 1 saturated heterocycles. The van der Waals surface area contributed by atoms with Gasteiger partial charge in [-0.2, -0.15) is 4.98 Å². The van der Waals surface area contributed by atoms with Gasteiger partial charge in [0.25, 0.3) is 0 Å². The second-order valence-corrected chi connectivity index (χ2v) is 7.98. The van der Waals surface area contributed by atoms with Crippen molar-refractivity contribution in [3.05, 3.63) is 6.07 Å². The van der Waals surface area contributed by atoms with Gasteiger partial charge in [0.2, 0.25) is 5.88 Å². The largest absolute Gasteiger partial charge is 0.478 e. The van der Waals surface area contributed by atoms with Crippen LogP contribution >= 0.6 is 11.8 Å². The topological polar surface area (TPSA) is 76.6 Å². The molecule has 0 radical (unpaired) electrons. The molecule has 0 spiro atoms. The summed E-state index contributed by atoms with van der Waals surface area (Å²) in [7, 11) is 0. The number of amides is 1. The van der Waals surface area contributed by atoms with Crippen LogP contribution in [-0.4, -0.2) is 53.7 Å². The fourth-order valence-corrected chi connectivity index (χ4v) is 3.25. The molecule has 2 heterocycles. The summed E-state index contributed by atoms with van der Waals surface area (Å²) < 4.78 is 10.9. The predicted molar refractivity (Wildman–Crippen MR) is 104 cm³/mol. The first kappa shape index (κ1) is 20.6. The third-order valence-corrected chi connectivity index (χ3v) is 4.49. The Hall–Kier alpha value is -1.70. The van der Waals surface area contributed by atoms with E-state index in [4.69, 9.17) is 9.47 Å². The summed E-state index contributed by atoms with van der Waals surface area (Å²) in [6.45, 7) is 9.51. The normalized spacial score (nSPS) is 17.7. The minimum atomic E-state index is -0.497. The summed E-state index contributed by atoms with van der Waals surface area (Å²) >= 11 is 1.49. The number of hydrogen-bond acceptors (Lipinski definition) is 7. The number of alkyl carbamates (subject to hydrolysis) is 1. The number of carbonyl (C=O) groups excluding carboxylic acids is 1. The van der Waals surface area contributed by atoms with Gasteiger partial charge in [-0.15, -0.1) is 0 Å². The number of nitrogens with zero attached hydrogens (tertiary/aromatic N) is 3. The van der Waals surface area contributed by atoms with Crippen LogP contribution in [0.4, 0.5) is 10.6 Å². The lowest BCUT2D eigenvalue weighted by atomic mass is 10.0. The summed E-state index contributed by atoms with van der Waals surface area (Å²) in [4.78, 5) is 23.3. The van der Waals surface area contributed by atoms with E-state index in [2.05, 4.69) is 20.2 Å². The molecule has 1 amide bonds. The molecule has 1 fully saturated rings. The molecule has 0 unspecified atom stereocenters.